The maximum atomic E-state index is 11.7. The van der Waals surface area contributed by atoms with Crippen molar-refractivity contribution in [2.24, 2.45) is 0 Å². The monoisotopic (exact) mass is 384 g/mol. The van der Waals surface area contributed by atoms with E-state index in [1.54, 1.807) is 12.1 Å². The molecule has 1 N–H and O–H groups in total. The van der Waals surface area contributed by atoms with Crippen molar-refractivity contribution in [2.45, 2.75) is 25.3 Å². The highest BCUT2D eigenvalue weighted by atomic mass is 35.5. The van der Waals surface area contributed by atoms with Crippen LogP contribution >= 0.6 is 11.6 Å². The molecule has 0 atom stereocenters. The molecule has 0 spiro atoms. The van der Waals surface area contributed by atoms with Gasteiger partial charge in [0.15, 0.2) is 0 Å². The van der Waals surface area contributed by atoms with Gasteiger partial charge in [0.25, 0.3) is 0 Å². The number of aromatic nitrogens is 3. The third-order valence-corrected chi connectivity index (χ3v) is 5.28. The van der Waals surface area contributed by atoms with Crippen molar-refractivity contribution < 1.29 is 9.53 Å². The average molecular weight is 385 g/mol. The second-order valence-electron chi connectivity index (χ2n) is 6.84. The molecule has 7 heteroatoms. The van der Waals surface area contributed by atoms with Gasteiger partial charge in [-0.3, -0.25) is 4.90 Å². The summed E-state index contributed by atoms with van der Waals surface area (Å²) in [4.78, 5) is 26.5. The minimum Gasteiger partial charge on any atom is -0.465 e. The van der Waals surface area contributed by atoms with Gasteiger partial charge >= 0.3 is 5.97 Å². The van der Waals surface area contributed by atoms with Gasteiger partial charge in [-0.15, -0.1) is 0 Å². The van der Waals surface area contributed by atoms with Crippen LogP contribution in [-0.2, 0) is 11.3 Å². The number of carbonyl (C=O) groups excluding carboxylic acids is 1. The Balaban J connectivity index is 1.41. The molecule has 0 bridgehead atoms. The largest absolute Gasteiger partial charge is 0.465 e. The van der Waals surface area contributed by atoms with Gasteiger partial charge in [0, 0.05) is 11.6 Å². The Labute approximate surface area is 162 Å². The summed E-state index contributed by atoms with van der Waals surface area (Å²) < 4.78 is 4.77. The number of nitrogens with one attached hydrogen (secondary N) is 1. The predicted molar refractivity (Wildman–Crippen MR) is 104 cm³/mol. The smallest absolute Gasteiger partial charge is 0.337 e. The number of hydrogen-bond acceptors (Lipinski definition) is 5. The summed E-state index contributed by atoms with van der Waals surface area (Å²) in [5.74, 6) is 1.02. The fourth-order valence-electron chi connectivity index (χ4n) is 3.63. The molecule has 0 unspecified atom stereocenters. The molecule has 1 saturated heterocycles. The number of imidazole rings is 1. The molecule has 4 rings (SSSR count). The van der Waals surface area contributed by atoms with Crippen molar-refractivity contribution in [3.8, 4) is 0 Å². The van der Waals surface area contributed by atoms with Crippen LogP contribution in [0.25, 0.3) is 11.0 Å². The number of H-pyrrole nitrogens is 1. The zero-order valence-corrected chi connectivity index (χ0v) is 15.9. The molecule has 3 heterocycles. The van der Waals surface area contributed by atoms with Crippen molar-refractivity contribution in [1.29, 1.82) is 0 Å². The molecule has 0 amide bonds. The molecule has 0 aliphatic carbocycles. The number of aromatic amines is 1. The number of piperidine rings is 1. The number of benzene rings is 1. The Hall–Kier alpha value is -2.44. The van der Waals surface area contributed by atoms with Gasteiger partial charge in [-0.25, -0.2) is 14.8 Å². The molecule has 27 heavy (non-hydrogen) atoms. The summed E-state index contributed by atoms with van der Waals surface area (Å²) in [6.45, 7) is 2.74. The molecule has 0 radical (unpaired) electrons. The van der Waals surface area contributed by atoms with Crippen LogP contribution in [0.2, 0.25) is 5.15 Å². The van der Waals surface area contributed by atoms with E-state index in [1.807, 2.05) is 18.2 Å². The Morgan fingerprint density at radius 1 is 1.26 bits per heavy atom. The van der Waals surface area contributed by atoms with E-state index < -0.39 is 0 Å². The molecule has 1 aliphatic heterocycles. The standard InChI is InChI=1S/C20H21ClN4O2/c1-27-20(26)14-5-6-16-17(11-14)24-19(23-16)12-25-9-7-13(8-10-25)15-3-2-4-18(21)22-15/h2-6,11,13H,7-10,12H2,1H3,(H,23,24). The lowest BCUT2D eigenvalue weighted by atomic mass is 9.93. The van der Waals surface area contributed by atoms with Crippen molar-refractivity contribution >= 4 is 28.6 Å². The molecular weight excluding hydrogens is 364 g/mol. The molecule has 2 aromatic heterocycles. The summed E-state index contributed by atoms with van der Waals surface area (Å²) in [6, 6.07) is 11.2. The van der Waals surface area contributed by atoms with Crippen molar-refractivity contribution in [2.75, 3.05) is 20.2 Å². The Morgan fingerprint density at radius 2 is 2.07 bits per heavy atom. The number of ether oxygens (including phenoxy) is 1. The molecule has 0 saturated carbocycles. The van der Waals surface area contributed by atoms with Crippen LogP contribution in [-0.4, -0.2) is 46.0 Å². The first kappa shape index (κ1) is 17.9. The third kappa shape index (κ3) is 3.96. The van der Waals surface area contributed by atoms with Gasteiger partial charge in [0.1, 0.15) is 11.0 Å². The summed E-state index contributed by atoms with van der Waals surface area (Å²) >= 11 is 6.02. The van der Waals surface area contributed by atoms with Crippen LogP contribution < -0.4 is 0 Å². The number of halogens is 1. The zero-order valence-electron chi connectivity index (χ0n) is 15.1. The van der Waals surface area contributed by atoms with E-state index in [-0.39, 0.29) is 5.97 Å². The van der Waals surface area contributed by atoms with Gasteiger partial charge in [0.05, 0.1) is 30.3 Å². The number of nitrogens with zero attached hydrogens (tertiary/aromatic N) is 3. The minimum absolute atomic E-state index is 0.343. The number of fused-ring (bicyclic) bond motifs is 1. The lowest BCUT2D eigenvalue weighted by Crippen LogP contribution is -2.33. The van der Waals surface area contributed by atoms with E-state index in [9.17, 15) is 4.79 Å². The Kier molecular flexibility index (Phi) is 5.09. The first-order chi connectivity index (χ1) is 13.1. The lowest BCUT2D eigenvalue weighted by molar-refractivity contribution is 0.0601. The van der Waals surface area contributed by atoms with E-state index in [0.29, 0.717) is 16.6 Å². The fraction of sp³-hybridized carbons (Fsp3) is 0.350. The Morgan fingerprint density at radius 3 is 2.81 bits per heavy atom. The van der Waals surface area contributed by atoms with Crippen molar-refractivity contribution in [1.82, 2.24) is 19.9 Å². The quantitative estimate of drug-likeness (QED) is 0.547. The molecule has 140 valence electrons. The number of hydrogen-bond donors (Lipinski definition) is 1. The van der Waals surface area contributed by atoms with Crippen LogP contribution in [0, 0.1) is 0 Å². The lowest BCUT2D eigenvalue weighted by Gasteiger charge is -2.31. The van der Waals surface area contributed by atoms with Gasteiger partial charge < -0.3 is 9.72 Å². The van der Waals surface area contributed by atoms with Gasteiger partial charge in [0.2, 0.25) is 0 Å². The first-order valence-corrected chi connectivity index (χ1v) is 9.42. The van der Waals surface area contributed by atoms with Gasteiger partial charge in [-0.2, -0.15) is 0 Å². The second-order valence-corrected chi connectivity index (χ2v) is 7.23. The van der Waals surface area contributed by atoms with Crippen LogP contribution in [0.1, 0.15) is 40.6 Å². The zero-order chi connectivity index (χ0) is 18.8. The number of likely N-dealkylation sites (tertiary alicyclic amines) is 1. The number of rotatable bonds is 4. The van der Waals surface area contributed by atoms with Crippen LogP contribution in [0.4, 0.5) is 0 Å². The summed E-state index contributed by atoms with van der Waals surface area (Å²) in [5, 5.41) is 0.559. The number of pyridine rings is 1. The summed E-state index contributed by atoms with van der Waals surface area (Å²) in [5.41, 5.74) is 3.32. The molecule has 1 aromatic carbocycles. The third-order valence-electron chi connectivity index (χ3n) is 5.07. The van der Waals surface area contributed by atoms with Crippen LogP contribution in [0.5, 0.6) is 0 Å². The van der Waals surface area contributed by atoms with Gasteiger partial charge in [-0.05, 0) is 56.3 Å². The SMILES string of the molecule is COC(=O)c1ccc2nc(CN3CCC(c4cccc(Cl)n4)CC3)[nH]c2c1. The average Bonchev–Trinajstić information content (AvgIpc) is 3.09. The fourth-order valence-corrected chi connectivity index (χ4v) is 3.80. The molecular formula is C20H21ClN4O2. The van der Waals surface area contributed by atoms with Crippen molar-refractivity contribution in [3.63, 3.8) is 0 Å². The molecule has 1 aliphatic rings. The second kappa shape index (κ2) is 7.66. The van der Waals surface area contributed by atoms with Crippen molar-refractivity contribution in [3.05, 3.63) is 58.6 Å². The number of esters is 1. The highest BCUT2D eigenvalue weighted by molar-refractivity contribution is 6.29. The predicted octanol–water partition coefficient (Wildman–Crippen LogP) is 3.78. The highest BCUT2D eigenvalue weighted by Gasteiger charge is 2.22. The van der Waals surface area contributed by atoms with E-state index in [0.717, 1.165) is 55.0 Å². The first-order valence-electron chi connectivity index (χ1n) is 9.04. The summed E-state index contributed by atoms with van der Waals surface area (Å²) in [7, 11) is 1.38. The Bertz CT molecular complexity index is 964. The van der Waals surface area contributed by atoms with E-state index in [2.05, 4.69) is 25.9 Å². The van der Waals surface area contributed by atoms with E-state index >= 15 is 0 Å². The van der Waals surface area contributed by atoms with Crippen LogP contribution in [0.3, 0.4) is 0 Å². The maximum Gasteiger partial charge on any atom is 0.337 e. The van der Waals surface area contributed by atoms with Gasteiger partial charge in [-0.1, -0.05) is 17.7 Å². The van der Waals surface area contributed by atoms with Crippen LogP contribution in [0.15, 0.2) is 36.4 Å². The highest BCUT2D eigenvalue weighted by Crippen LogP contribution is 2.28. The topological polar surface area (TPSA) is 71.1 Å². The normalized spacial score (nSPS) is 15.9. The van der Waals surface area contributed by atoms with E-state index in [4.69, 9.17) is 16.3 Å². The summed E-state index contributed by atoms with van der Waals surface area (Å²) in [6.07, 6.45) is 2.11. The number of carbonyl (C=O) groups is 1. The maximum absolute atomic E-state index is 11.7. The van der Waals surface area contributed by atoms with E-state index in [1.165, 1.54) is 7.11 Å². The molecule has 1 fully saturated rings. The number of methoxy groups -OCH3 is 1. The molecule has 3 aromatic rings. The minimum atomic E-state index is -0.343. The molecule has 6 nitrogen and oxygen atoms in total.